The molecule has 1 aromatic heterocycles. The lowest BCUT2D eigenvalue weighted by atomic mass is 10.1. The molecule has 0 aliphatic rings. The molecular weight excluding hydrogens is 368 g/mol. The lowest BCUT2D eigenvalue weighted by Gasteiger charge is -2.00. The van der Waals surface area contributed by atoms with E-state index in [2.05, 4.69) is 0 Å². The highest BCUT2D eigenvalue weighted by molar-refractivity contribution is 7.24. The summed E-state index contributed by atoms with van der Waals surface area (Å²) in [4.78, 5) is 23.0. The number of rotatable bonds is 2. The number of hydrogen-bond donors (Lipinski definition) is 1. The lowest BCUT2D eigenvalue weighted by molar-refractivity contribution is 0.0904. The molecule has 4 rings (SSSR count). The molecule has 0 spiro atoms. The summed E-state index contributed by atoms with van der Waals surface area (Å²) in [6.07, 6.45) is 0. The maximum absolute atomic E-state index is 12.2. The number of ketones is 1. The summed E-state index contributed by atoms with van der Waals surface area (Å²) >= 11 is 7.52. The highest BCUT2D eigenvalue weighted by Gasteiger charge is 2.05. The predicted octanol–water partition coefficient (Wildman–Crippen LogP) is 4.93. The van der Waals surface area contributed by atoms with E-state index >= 15 is 0 Å². The number of Topliss-reactive ketones (excluding diaryl/α,β-unsaturated/α-hetero) is 1. The fraction of sp³-hybridized carbons (Fsp3) is 0.0476. The molecule has 0 aliphatic heterocycles. The Balaban J connectivity index is 0.000000170. The highest BCUT2D eigenvalue weighted by Crippen LogP contribution is 2.26. The molecule has 0 amide bonds. The molecule has 0 fully saturated rings. The Labute approximate surface area is 159 Å². The highest BCUT2D eigenvalue weighted by atomic mass is 35.5. The van der Waals surface area contributed by atoms with Gasteiger partial charge >= 0.3 is 0 Å². The fourth-order valence-electron chi connectivity index (χ4n) is 2.49. The smallest absolute Gasteiger partial charge is 0.195 e. The minimum Gasteiger partial charge on any atom is -0.388 e. The van der Waals surface area contributed by atoms with Gasteiger partial charge in [0.25, 0.3) is 0 Å². The Morgan fingerprint density at radius 2 is 1.54 bits per heavy atom. The standard InChI is InChI=1S/C13H7ClOS.C8H8O2/c14-8-5-6-12-10(7-8)13(15)9-3-1-2-4-11(9)16-12;9-6-8(10)7-4-2-1-3-5-7/h1-7H;1-5,9H,6H2. The van der Waals surface area contributed by atoms with E-state index < -0.39 is 6.61 Å². The van der Waals surface area contributed by atoms with Crippen LogP contribution < -0.4 is 5.43 Å². The van der Waals surface area contributed by atoms with Crippen molar-refractivity contribution in [2.24, 2.45) is 0 Å². The van der Waals surface area contributed by atoms with Crippen LogP contribution in [-0.2, 0) is 0 Å². The fourth-order valence-corrected chi connectivity index (χ4v) is 3.71. The molecule has 26 heavy (non-hydrogen) atoms. The maximum Gasteiger partial charge on any atom is 0.195 e. The first kappa shape index (κ1) is 18.3. The van der Waals surface area contributed by atoms with E-state index in [1.54, 1.807) is 41.7 Å². The second-order valence-corrected chi connectivity index (χ2v) is 7.04. The van der Waals surface area contributed by atoms with Crippen LogP contribution in [0.25, 0.3) is 20.2 Å². The summed E-state index contributed by atoms with van der Waals surface area (Å²) in [5.41, 5.74) is 0.622. The molecule has 0 bridgehead atoms. The number of halogens is 1. The summed E-state index contributed by atoms with van der Waals surface area (Å²) in [6, 6.07) is 21.8. The van der Waals surface area contributed by atoms with Crippen LogP contribution in [0, 0.1) is 0 Å². The maximum atomic E-state index is 12.2. The van der Waals surface area contributed by atoms with Gasteiger partial charge in [0.2, 0.25) is 0 Å². The van der Waals surface area contributed by atoms with Crippen LogP contribution in [0.1, 0.15) is 10.4 Å². The molecule has 0 atom stereocenters. The van der Waals surface area contributed by atoms with E-state index in [0.717, 1.165) is 14.8 Å². The number of fused-ring (bicyclic) bond motifs is 2. The van der Waals surface area contributed by atoms with Gasteiger partial charge in [0, 0.05) is 30.8 Å². The van der Waals surface area contributed by atoms with Gasteiger partial charge in [0.05, 0.1) is 0 Å². The van der Waals surface area contributed by atoms with E-state index in [9.17, 15) is 9.59 Å². The number of hydrogen-bond acceptors (Lipinski definition) is 4. The minimum absolute atomic E-state index is 0.0619. The van der Waals surface area contributed by atoms with Crippen LogP contribution in [0.15, 0.2) is 77.6 Å². The zero-order valence-electron chi connectivity index (χ0n) is 13.7. The largest absolute Gasteiger partial charge is 0.388 e. The number of aliphatic hydroxyl groups excluding tert-OH is 1. The first-order valence-corrected chi connectivity index (χ1v) is 9.10. The Morgan fingerprint density at radius 1 is 0.885 bits per heavy atom. The molecule has 0 aliphatic carbocycles. The van der Waals surface area contributed by atoms with Crippen LogP contribution in [0.5, 0.6) is 0 Å². The molecule has 1 heterocycles. The zero-order valence-corrected chi connectivity index (χ0v) is 15.3. The van der Waals surface area contributed by atoms with E-state index in [1.165, 1.54) is 0 Å². The third kappa shape index (κ3) is 3.99. The summed E-state index contributed by atoms with van der Waals surface area (Å²) in [5, 5.41) is 10.5. The second kappa shape index (κ2) is 8.23. The normalized spacial score (nSPS) is 10.4. The first-order valence-electron chi connectivity index (χ1n) is 7.90. The second-order valence-electron chi connectivity index (χ2n) is 5.52. The van der Waals surface area contributed by atoms with Crippen LogP contribution in [-0.4, -0.2) is 17.5 Å². The van der Waals surface area contributed by atoms with Crippen molar-refractivity contribution >= 4 is 48.9 Å². The van der Waals surface area contributed by atoms with Gasteiger partial charge in [-0.05, 0) is 30.3 Å². The van der Waals surface area contributed by atoms with E-state index in [0.29, 0.717) is 16.0 Å². The van der Waals surface area contributed by atoms with Crippen molar-refractivity contribution in [1.82, 2.24) is 0 Å². The molecule has 1 N–H and O–H groups in total. The Morgan fingerprint density at radius 3 is 2.27 bits per heavy atom. The van der Waals surface area contributed by atoms with Crippen LogP contribution in [0.3, 0.4) is 0 Å². The van der Waals surface area contributed by atoms with Crippen molar-refractivity contribution in [2.45, 2.75) is 0 Å². The molecule has 130 valence electrons. The number of carbonyl (C=O) groups is 1. The van der Waals surface area contributed by atoms with Gasteiger partial charge < -0.3 is 5.11 Å². The third-order valence-electron chi connectivity index (χ3n) is 3.78. The van der Waals surface area contributed by atoms with Gasteiger partial charge in [-0.1, -0.05) is 54.1 Å². The topological polar surface area (TPSA) is 54.4 Å². The van der Waals surface area contributed by atoms with Crippen molar-refractivity contribution in [1.29, 1.82) is 0 Å². The van der Waals surface area contributed by atoms with E-state index in [4.69, 9.17) is 16.7 Å². The van der Waals surface area contributed by atoms with Gasteiger partial charge in [-0.25, -0.2) is 0 Å². The summed E-state index contributed by atoms with van der Waals surface area (Å²) in [6.45, 7) is -0.413. The van der Waals surface area contributed by atoms with Gasteiger partial charge in [0.15, 0.2) is 11.2 Å². The van der Waals surface area contributed by atoms with Gasteiger partial charge in [-0.2, -0.15) is 0 Å². The molecule has 3 nitrogen and oxygen atoms in total. The number of carbonyl (C=O) groups excluding carboxylic acids is 1. The van der Waals surface area contributed by atoms with Crippen LogP contribution in [0.4, 0.5) is 0 Å². The number of aliphatic hydroxyl groups is 1. The molecule has 0 unspecified atom stereocenters. The average Bonchev–Trinajstić information content (AvgIpc) is 2.69. The molecule has 5 heteroatoms. The average molecular weight is 383 g/mol. The Hall–Kier alpha value is -2.53. The van der Waals surface area contributed by atoms with Gasteiger partial charge in [0.1, 0.15) is 6.61 Å². The third-order valence-corrected chi connectivity index (χ3v) is 5.16. The molecule has 4 aromatic rings. The molecule has 0 saturated heterocycles. The predicted molar refractivity (Wildman–Crippen MR) is 108 cm³/mol. The molecule has 0 saturated carbocycles. The molecule has 3 aromatic carbocycles. The number of benzene rings is 3. The zero-order chi connectivity index (χ0) is 18.5. The summed E-state index contributed by atoms with van der Waals surface area (Å²) in [7, 11) is 0. The minimum atomic E-state index is -0.413. The van der Waals surface area contributed by atoms with E-state index in [-0.39, 0.29) is 11.2 Å². The van der Waals surface area contributed by atoms with Crippen molar-refractivity contribution in [3.8, 4) is 0 Å². The monoisotopic (exact) mass is 382 g/mol. The SMILES string of the molecule is O=C(CO)c1ccccc1.O=c1c2ccccc2sc2ccc(Cl)cc12. The van der Waals surface area contributed by atoms with Crippen molar-refractivity contribution in [3.63, 3.8) is 0 Å². The van der Waals surface area contributed by atoms with Crippen molar-refractivity contribution in [3.05, 3.63) is 93.6 Å². The van der Waals surface area contributed by atoms with Gasteiger partial charge in [-0.3, -0.25) is 9.59 Å². The van der Waals surface area contributed by atoms with Crippen LogP contribution in [0.2, 0.25) is 5.02 Å². The molecule has 0 radical (unpaired) electrons. The first-order chi connectivity index (χ1) is 12.6. The quantitative estimate of drug-likeness (QED) is 0.395. The van der Waals surface area contributed by atoms with E-state index in [1.807, 2.05) is 42.5 Å². The summed E-state index contributed by atoms with van der Waals surface area (Å²) in [5.74, 6) is -0.236. The Kier molecular flexibility index (Phi) is 5.78. The van der Waals surface area contributed by atoms with Crippen molar-refractivity contribution < 1.29 is 9.90 Å². The Bertz CT molecular complexity index is 1120. The van der Waals surface area contributed by atoms with Gasteiger partial charge in [-0.15, -0.1) is 11.3 Å². The molecular formula is C21H15ClO3S. The van der Waals surface area contributed by atoms with Crippen molar-refractivity contribution in [2.75, 3.05) is 6.61 Å². The summed E-state index contributed by atoms with van der Waals surface area (Å²) < 4.78 is 2.00. The lowest BCUT2D eigenvalue weighted by Crippen LogP contribution is -2.02. The van der Waals surface area contributed by atoms with Crippen LogP contribution >= 0.6 is 22.9 Å².